The van der Waals surface area contributed by atoms with Gasteiger partial charge in [-0.3, -0.25) is 9.67 Å². The number of carbonyl (C=O) groups is 1. The molecule has 1 N–H and O–H groups in total. The van der Waals surface area contributed by atoms with Crippen LogP contribution in [0.3, 0.4) is 0 Å². The number of halogens is 2. The predicted molar refractivity (Wildman–Crippen MR) is 85.3 cm³/mol. The van der Waals surface area contributed by atoms with E-state index >= 15 is 0 Å². The molecule has 0 aromatic carbocycles. The minimum atomic E-state index is -0.138. The Morgan fingerprint density at radius 1 is 1.18 bits per heavy atom. The lowest BCUT2D eigenvalue weighted by Crippen LogP contribution is -2.41. The Balaban J connectivity index is 1.55. The quantitative estimate of drug-likeness (QED) is 0.911. The van der Waals surface area contributed by atoms with Crippen molar-refractivity contribution in [2.45, 2.75) is 18.9 Å². The van der Waals surface area contributed by atoms with Crippen molar-refractivity contribution >= 4 is 34.9 Å². The van der Waals surface area contributed by atoms with Crippen molar-refractivity contribution in [2.75, 3.05) is 18.4 Å². The minimum absolute atomic E-state index is 0.138. The molecule has 1 aliphatic rings. The van der Waals surface area contributed by atoms with Gasteiger partial charge in [0.25, 0.3) is 0 Å². The molecule has 0 aliphatic carbocycles. The van der Waals surface area contributed by atoms with E-state index in [1.165, 1.54) is 6.20 Å². The highest BCUT2D eigenvalue weighted by Gasteiger charge is 2.24. The molecule has 2 amide bonds. The number of likely N-dealkylation sites (tertiary alicyclic amines) is 1. The second-order valence-electron chi connectivity index (χ2n) is 5.18. The smallest absolute Gasteiger partial charge is 0.321 e. The van der Waals surface area contributed by atoms with E-state index < -0.39 is 0 Å². The first-order valence-electron chi connectivity index (χ1n) is 6.98. The van der Waals surface area contributed by atoms with E-state index in [4.69, 9.17) is 23.2 Å². The monoisotopic (exact) mass is 339 g/mol. The molecular weight excluding hydrogens is 325 g/mol. The summed E-state index contributed by atoms with van der Waals surface area (Å²) in [5.41, 5.74) is 0.596. The Bertz CT molecular complexity index is 667. The Labute approximate surface area is 138 Å². The third-order valence-corrected chi connectivity index (χ3v) is 4.05. The van der Waals surface area contributed by atoms with E-state index in [1.54, 1.807) is 23.4 Å². The van der Waals surface area contributed by atoms with Crippen LogP contribution >= 0.6 is 23.2 Å². The summed E-state index contributed by atoms with van der Waals surface area (Å²) in [6.07, 6.45) is 8.24. The lowest BCUT2D eigenvalue weighted by Gasteiger charge is -2.32. The van der Waals surface area contributed by atoms with Gasteiger partial charge in [-0.1, -0.05) is 23.2 Å². The number of nitrogens with zero attached hydrogens (tertiary/aromatic N) is 4. The number of piperidine rings is 1. The van der Waals surface area contributed by atoms with E-state index in [0.717, 1.165) is 12.8 Å². The number of urea groups is 1. The molecule has 22 heavy (non-hydrogen) atoms. The summed E-state index contributed by atoms with van der Waals surface area (Å²) in [7, 11) is 0. The zero-order chi connectivity index (χ0) is 15.5. The number of anilines is 1. The third kappa shape index (κ3) is 3.51. The predicted octanol–water partition coefficient (Wildman–Crippen LogP) is 3.45. The van der Waals surface area contributed by atoms with Crippen molar-refractivity contribution in [3.8, 4) is 0 Å². The van der Waals surface area contributed by atoms with Gasteiger partial charge < -0.3 is 10.2 Å². The molecular formula is C14H15Cl2N5O. The molecule has 1 saturated heterocycles. The molecule has 3 heterocycles. The number of hydrogen-bond donors (Lipinski definition) is 1. The van der Waals surface area contributed by atoms with Crippen LogP contribution in [0.25, 0.3) is 0 Å². The van der Waals surface area contributed by atoms with Crippen LogP contribution in [0.5, 0.6) is 0 Å². The summed E-state index contributed by atoms with van der Waals surface area (Å²) in [6.45, 7) is 1.34. The van der Waals surface area contributed by atoms with Crippen molar-refractivity contribution in [1.82, 2.24) is 19.7 Å². The summed E-state index contributed by atoms with van der Waals surface area (Å²) < 4.78 is 1.87. The number of hydrogen-bond acceptors (Lipinski definition) is 3. The molecule has 3 rings (SSSR count). The summed E-state index contributed by atoms with van der Waals surface area (Å²) in [4.78, 5) is 18.0. The van der Waals surface area contributed by atoms with Gasteiger partial charge in [0.2, 0.25) is 0 Å². The van der Waals surface area contributed by atoms with E-state index in [1.807, 2.05) is 10.9 Å². The van der Waals surface area contributed by atoms with Crippen molar-refractivity contribution < 1.29 is 4.79 Å². The molecule has 0 saturated carbocycles. The Hall–Kier alpha value is -1.79. The largest absolute Gasteiger partial charge is 0.324 e. The number of pyridine rings is 1. The molecule has 1 fully saturated rings. The second kappa shape index (κ2) is 6.54. The molecule has 0 spiro atoms. The summed E-state index contributed by atoms with van der Waals surface area (Å²) in [5, 5.41) is 8.16. The Kier molecular flexibility index (Phi) is 4.49. The first-order valence-corrected chi connectivity index (χ1v) is 7.73. The van der Waals surface area contributed by atoms with Crippen molar-refractivity contribution in [3.63, 3.8) is 0 Å². The van der Waals surface area contributed by atoms with E-state index in [-0.39, 0.29) is 12.1 Å². The highest BCUT2D eigenvalue weighted by atomic mass is 35.5. The normalized spacial score (nSPS) is 15.8. The van der Waals surface area contributed by atoms with Crippen molar-refractivity contribution in [2.24, 2.45) is 0 Å². The molecule has 0 unspecified atom stereocenters. The van der Waals surface area contributed by atoms with Crippen LogP contribution in [0.2, 0.25) is 10.0 Å². The molecule has 6 nitrogen and oxygen atoms in total. The van der Waals surface area contributed by atoms with Gasteiger partial charge in [-0.25, -0.2) is 4.79 Å². The van der Waals surface area contributed by atoms with Crippen LogP contribution in [0.4, 0.5) is 10.5 Å². The molecule has 0 atom stereocenters. The van der Waals surface area contributed by atoms with Gasteiger partial charge in [-0.15, -0.1) is 0 Å². The highest BCUT2D eigenvalue weighted by Crippen LogP contribution is 2.23. The number of aromatic nitrogens is 3. The van der Waals surface area contributed by atoms with Crippen LogP contribution in [-0.2, 0) is 0 Å². The number of nitrogens with one attached hydrogen (secondary N) is 1. The van der Waals surface area contributed by atoms with Crippen LogP contribution in [0, 0.1) is 0 Å². The minimum Gasteiger partial charge on any atom is -0.324 e. The number of rotatable bonds is 2. The van der Waals surface area contributed by atoms with Gasteiger partial charge >= 0.3 is 6.03 Å². The van der Waals surface area contributed by atoms with Gasteiger partial charge in [0.05, 0.1) is 34.2 Å². The fraction of sp³-hybridized carbons (Fsp3) is 0.357. The second-order valence-corrected chi connectivity index (χ2v) is 6.05. The zero-order valence-electron chi connectivity index (χ0n) is 11.7. The lowest BCUT2D eigenvalue weighted by atomic mass is 10.1. The maximum atomic E-state index is 12.2. The Morgan fingerprint density at radius 2 is 1.95 bits per heavy atom. The van der Waals surface area contributed by atoms with Gasteiger partial charge in [0.15, 0.2) is 0 Å². The van der Waals surface area contributed by atoms with Crippen molar-refractivity contribution in [3.05, 3.63) is 40.9 Å². The summed E-state index contributed by atoms with van der Waals surface area (Å²) in [5.74, 6) is 0. The number of carbonyl (C=O) groups excluding carboxylic acids is 1. The molecule has 2 aromatic heterocycles. The van der Waals surface area contributed by atoms with Gasteiger partial charge in [-0.2, -0.15) is 5.10 Å². The third-order valence-electron chi connectivity index (χ3n) is 3.65. The van der Waals surface area contributed by atoms with E-state index in [9.17, 15) is 4.79 Å². The molecule has 0 radical (unpaired) electrons. The fourth-order valence-corrected chi connectivity index (χ4v) is 2.85. The van der Waals surface area contributed by atoms with Crippen molar-refractivity contribution in [1.29, 1.82) is 0 Å². The molecule has 2 aromatic rings. The van der Waals surface area contributed by atoms with Gasteiger partial charge in [-0.05, 0) is 18.9 Å². The topological polar surface area (TPSA) is 63.1 Å². The highest BCUT2D eigenvalue weighted by molar-refractivity contribution is 6.30. The average Bonchev–Trinajstić information content (AvgIpc) is 2.94. The van der Waals surface area contributed by atoms with Crippen LogP contribution in [0.15, 0.2) is 30.9 Å². The molecule has 116 valence electrons. The zero-order valence-corrected chi connectivity index (χ0v) is 13.3. The Morgan fingerprint density at radius 3 is 2.59 bits per heavy atom. The number of amides is 2. The SMILES string of the molecule is O=C(Nc1cncc(Cl)c1)N1CCC(n2cc(Cl)cn2)CC1. The van der Waals surface area contributed by atoms with Crippen LogP contribution in [0.1, 0.15) is 18.9 Å². The molecule has 0 bridgehead atoms. The maximum Gasteiger partial charge on any atom is 0.321 e. The van der Waals surface area contributed by atoms with Gasteiger partial charge in [0.1, 0.15) is 0 Å². The first kappa shape index (κ1) is 15.1. The van der Waals surface area contributed by atoms with Gasteiger partial charge in [0, 0.05) is 25.5 Å². The summed E-state index contributed by atoms with van der Waals surface area (Å²) in [6, 6.07) is 1.82. The molecule has 8 heteroatoms. The first-order chi connectivity index (χ1) is 10.6. The van der Waals surface area contributed by atoms with Crippen LogP contribution in [-0.4, -0.2) is 38.8 Å². The maximum absolute atomic E-state index is 12.2. The standard InChI is InChI=1S/C14H15Cl2N5O/c15-10-5-12(8-17-6-10)19-14(22)20-3-1-13(2-4-20)21-9-11(16)7-18-21/h5-9,13H,1-4H2,(H,19,22). The molecule has 1 aliphatic heterocycles. The van der Waals surface area contributed by atoms with E-state index in [2.05, 4.69) is 15.4 Å². The summed E-state index contributed by atoms with van der Waals surface area (Å²) >= 11 is 11.7. The van der Waals surface area contributed by atoms with Crippen LogP contribution < -0.4 is 5.32 Å². The average molecular weight is 340 g/mol. The van der Waals surface area contributed by atoms with E-state index in [0.29, 0.717) is 28.8 Å². The fourth-order valence-electron chi connectivity index (χ4n) is 2.53. The lowest BCUT2D eigenvalue weighted by molar-refractivity contribution is 0.180.